The zero-order valence-corrected chi connectivity index (χ0v) is 39.8. The lowest BCUT2D eigenvalue weighted by Crippen LogP contribution is -2.48. The first-order chi connectivity index (χ1) is 32.3. The summed E-state index contributed by atoms with van der Waals surface area (Å²) in [5.41, 5.74) is 2.59. The van der Waals surface area contributed by atoms with Crippen molar-refractivity contribution in [3.8, 4) is 0 Å². The van der Waals surface area contributed by atoms with E-state index in [1.165, 1.54) is 0 Å². The van der Waals surface area contributed by atoms with Gasteiger partial charge < -0.3 is 22.7 Å². The molecule has 8 heteroatoms. The third-order valence-corrected chi connectivity index (χ3v) is 16.8. The lowest BCUT2D eigenvalue weighted by molar-refractivity contribution is -0.00540. The van der Waals surface area contributed by atoms with Crippen molar-refractivity contribution in [3.63, 3.8) is 0 Å². The zero-order chi connectivity index (χ0) is 45.1. The molecule has 1 atom stereocenters. The van der Waals surface area contributed by atoms with Crippen LogP contribution in [0.5, 0.6) is 0 Å². The van der Waals surface area contributed by atoms with Gasteiger partial charge in [-0.3, -0.25) is 0 Å². The molecule has 326 valence electrons. The summed E-state index contributed by atoms with van der Waals surface area (Å²) in [6.45, 7) is 6.27. The van der Waals surface area contributed by atoms with Gasteiger partial charge in [-0.1, -0.05) is 243 Å². The Labute approximate surface area is 399 Å². The van der Waals surface area contributed by atoms with E-state index in [1.807, 2.05) is 48.5 Å². The third kappa shape index (κ3) is 7.72. The summed E-state index contributed by atoms with van der Waals surface area (Å²) in [5.74, 6) is 0. The highest BCUT2D eigenvalue weighted by atomic mass is 27.3. The summed E-state index contributed by atoms with van der Waals surface area (Å²) < 4.78 is 44.5. The third-order valence-electron chi connectivity index (χ3n) is 13.1. The molecule has 6 nitrogen and oxygen atoms in total. The zero-order valence-electron chi connectivity index (χ0n) is 37.5. The van der Waals surface area contributed by atoms with Crippen molar-refractivity contribution in [1.29, 1.82) is 0 Å². The molecule has 66 heavy (non-hydrogen) atoms. The van der Waals surface area contributed by atoms with Crippen LogP contribution in [0, 0.1) is 0 Å². The van der Waals surface area contributed by atoms with Crippen LogP contribution in [0.3, 0.4) is 0 Å². The minimum absolute atomic E-state index is 0.348. The average Bonchev–Trinajstić information content (AvgIpc) is 3.91. The van der Waals surface area contributed by atoms with Crippen LogP contribution >= 0.6 is 0 Å². The Hall–Kier alpha value is -5.42. The van der Waals surface area contributed by atoms with Gasteiger partial charge in [0.25, 0.3) is 0 Å². The summed E-state index contributed by atoms with van der Waals surface area (Å²) in [6.07, 6.45) is 0.153. The molecular weight excluding hydrogens is 847 g/mol. The van der Waals surface area contributed by atoms with Crippen LogP contribution in [0.1, 0.15) is 71.7 Å². The maximum absolute atomic E-state index is 7.56. The number of hydrogen-bond donors (Lipinski definition) is 0. The van der Waals surface area contributed by atoms with E-state index in [0.29, 0.717) is 6.42 Å². The predicted molar refractivity (Wildman–Crippen MR) is 261 cm³/mol. The van der Waals surface area contributed by atoms with Crippen molar-refractivity contribution >= 4 is 30.3 Å². The van der Waals surface area contributed by atoms with E-state index in [1.54, 1.807) is 0 Å². The summed E-state index contributed by atoms with van der Waals surface area (Å²) in [6, 6.07) is 83.5. The maximum Gasteiger partial charge on any atom is 0.907 e. The highest BCUT2D eigenvalue weighted by Crippen LogP contribution is 2.61. The smallest absolute Gasteiger partial charge is 0.452 e. The van der Waals surface area contributed by atoms with Gasteiger partial charge >= 0.3 is 30.3 Å². The molecule has 2 aliphatic rings. The SMILES string of the molecule is CC(CC(C)(C)[O][Al]1[O]C(c2ccccc2)(c2ccccc2)C(c2ccccc2)(c2ccccc2)[O]1)[O][Al]1[O]C(c2ccccc2)(c2ccccc2)C(c2ccccc2)(c2ccccc2)[O]1. The fourth-order valence-electron chi connectivity index (χ4n) is 10.5. The number of rotatable bonds is 14. The van der Waals surface area contributed by atoms with E-state index in [9.17, 15) is 0 Å². The molecule has 1 unspecified atom stereocenters. The predicted octanol–water partition coefficient (Wildman–Crippen LogP) is 12.4. The fourth-order valence-corrected chi connectivity index (χ4v) is 14.8. The van der Waals surface area contributed by atoms with Crippen molar-refractivity contribution < 1.29 is 22.7 Å². The Morgan fingerprint density at radius 1 is 0.348 bits per heavy atom. The van der Waals surface area contributed by atoms with Crippen LogP contribution in [-0.2, 0) is 45.1 Å². The van der Waals surface area contributed by atoms with Gasteiger partial charge in [-0.25, -0.2) is 0 Å². The summed E-state index contributed by atoms with van der Waals surface area (Å²) in [5, 5.41) is 0. The monoisotopic (exact) mass is 898 g/mol. The van der Waals surface area contributed by atoms with E-state index >= 15 is 0 Å². The first kappa shape index (κ1) is 44.4. The molecular formula is C58H52Al2O6. The van der Waals surface area contributed by atoms with Crippen LogP contribution in [0.25, 0.3) is 0 Å². The van der Waals surface area contributed by atoms with Gasteiger partial charge in [-0.2, -0.15) is 0 Å². The van der Waals surface area contributed by atoms with E-state index in [2.05, 4.69) is 215 Å². The molecule has 0 aliphatic carbocycles. The molecule has 10 rings (SSSR count). The highest BCUT2D eigenvalue weighted by Gasteiger charge is 2.71. The molecule has 8 aromatic rings. The molecule has 0 saturated carbocycles. The van der Waals surface area contributed by atoms with Crippen molar-refractivity contribution in [2.75, 3.05) is 0 Å². The van der Waals surface area contributed by atoms with E-state index < -0.39 is 58.3 Å². The number of hydrogen-bond acceptors (Lipinski definition) is 6. The molecule has 2 aliphatic heterocycles. The lowest BCUT2D eigenvalue weighted by atomic mass is 9.66. The average molecular weight is 899 g/mol. The van der Waals surface area contributed by atoms with Crippen molar-refractivity contribution in [2.45, 2.75) is 61.3 Å². The molecule has 2 fully saturated rings. The van der Waals surface area contributed by atoms with Gasteiger partial charge in [0, 0.05) is 11.7 Å². The van der Waals surface area contributed by atoms with Gasteiger partial charge in [0.1, 0.15) is 22.4 Å². The van der Waals surface area contributed by atoms with Crippen molar-refractivity contribution in [3.05, 3.63) is 287 Å². The Morgan fingerprint density at radius 3 is 0.758 bits per heavy atom. The molecule has 0 spiro atoms. The van der Waals surface area contributed by atoms with Gasteiger partial charge in [0.2, 0.25) is 0 Å². The quantitative estimate of drug-likeness (QED) is 0.101. The summed E-state index contributed by atoms with van der Waals surface area (Å²) >= 11 is -6.05. The summed E-state index contributed by atoms with van der Waals surface area (Å²) in [4.78, 5) is 0. The van der Waals surface area contributed by atoms with Crippen LogP contribution in [0.4, 0.5) is 0 Å². The van der Waals surface area contributed by atoms with Gasteiger partial charge in [0.15, 0.2) is 0 Å². The lowest BCUT2D eigenvalue weighted by Gasteiger charge is -2.47. The van der Waals surface area contributed by atoms with E-state index in [0.717, 1.165) is 44.5 Å². The molecule has 2 saturated heterocycles. The Kier molecular flexibility index (Phi) is 12.6. The molecule has 0 aromatic heterocycles. The molecule has 8 aromatic carbocycles. The maximum atomic E-state index is 7.56. The van der Waals surface area contributed by atoms with Crippen LogP contribution in [0.2, 0.25) is 0 Å². The first-order valence-electron chi connectivity index (χ1n) is 22.8. The standard InChI is InChI=1S/2C26H20O2.C6H12O2.2Al/c2*27-25(21-13-5-1-6-14-21,22-15-7-2-8-16-22)26(28,23-17-9-3-10-18-23)24-19-11-4-12-20-24;1-5(7)4-6(2,3)8;;/h2*1-20H;5H,4H2,1-3H3;;/q3*-2;2*+3. The molecule has 0 amide bonds. The van der Waals surface area contributed by atoms with E-state index in [-0.39, 0.29) is 6.10 Å². The summed E-state index contributed by atoms with van der Waals surface area (Å²) in [7, 11) is 0. The number of benzene rings is 8. The van der Waals surface area contributed by atoms with Crippen LogP contribution < -0.4 is 0 Å². The van der Waals surface area contributed by atoms with Crippen LogP contribution in [0.15, 0.2) is 243 Å². The molecule has 0 N–H and O–H groups in total. The Bertz CT molecular complexity index is 2450. The van der Waals surface area contributed by atoms with Crippen molar-refractivity contribution in [2.24, 2.45) is 0 Å². The topological polar surface area (TPSA) is 55.4 Å². The minimum atomic E-state index is -3.05. The van der Waals surface area contributed by atoms with Crippen molar-refractivity contribution in [1.82, 2.24) is 0 Å². The second-order valence-electron chi connectivity index (χ2n) is 17.7. The van der Waals surface area contributed by atoms with E-state index in [4.69, 9.17) is 22.7 Å². The van der Waals surface area contributed by atoms with Gasteiger partial charge in [-0.15, -0.1) is 0 Å². The minimum Gasteiger partial charge on any atom is -0.452 e. The second kappa shape index (κ2) is 18.7. The largest absolute Gasteiger partial charge is 0.907 e. The van der Waals surface area contributed by atoms with Gasteiger partial charge in [0.05, 0.1) is 0 Å². The fraction of sp³-hybridized carbons (Fsp3) is 0.172. The first-order valence-corrected chi connectivity index (χ1v) is 25.6. The van der Waals surface area contributed by atoms with Gasteiger partial charge in [-0.05, 0) is 71.7 Å². The molecule has 0 radical (unpaired) electrons. The molecule has 2 heterocycles. The Morgan fingerprint density at radius 2 is 0.545 bits per heavy atom. The van der Waals surface area contributed by atoms with Crippen LogP contribution in [-0.4, -0.2) is 42.0 Å². The Balaban J connectivity index is 1.02. The normalized spacial score (nSPS) is 17.6. The molecule has 0 bridgehead atoms. The second-order valence-corrected chi connectivity index (χ2v) is 20.3. The highest BCUT2D eigenvalue weighted by molar-refractivity contribution is 6.38.